The van der Waals surface area contributed by atoms with E-state index in [9.17, 15) is 33.6 Å². The number of nitrogens with one attached hydrogen (secondary N) is 6. The lowest BCUT2D eigenvalue weighted by Crippen LogP contribution is -2.60. The summed E-state index contributed by atoms with van der Waals surface area (Å²) in [6.45, 7) is 1.86. The van der Waals surface area contributed by atoms with Crippen LogP contribution in [0.2, 0.25) is 0 Å². The van der Waals surface area contributed by atoms with Crippen molar-refractivity contribution in [2.75, 3.05) is 26.2 Å². The minimum atomic E-state index is -1.19. The molecular weight excluding hydrogens is 799 g/mol. The summed E-state index contributed by atoms with van der Waals surface area (Å²) in [6.07, 6.45) is 1.97. The second-order valence-corrected chi connectivity index (χ2v) is 15.4. The number of hydrogen-bond donors (Lipinski definition) is 10. The van der Waals surface area contributed by atoms with Gasteiger partial charge in [-0.25, -0.2) is 0 Å². The molecule has 0 bridgehead atoms. The summed E-state index contributed by atoms with van der Waals surface area (Å²) in [5, 5.41) is 16.7. The third kappa shape index (κ3) is 15.7. The van der Waals surface area contributed by atoms with Gasteiger partial charge >= 0.3 is 0 Å². The van der Waals surface area contributed by atoms with Gasteiger partial charge in [0.2, 0.25) is 41.4 Å². The van der Waals surface area contributed by atoms with Gasteiger partial charge in [-0.15, -0.1) is 0 Å². The number of carbonyl (C=O) groups is 7. The SMILES string of the molecule is CC(=O)N[C@@H](Cc1ccccc1)C(=O)NC1CCCNC(=O)[C@H](CCCN=C(N)N)NC(=O)[C@H](Cc2ccccc2)NC(=O)[C@@H](CCCN=C(N)N)NC(=O)[C@@H]2CCCN2C1=O. The lowest BCUT2D eigenvalue weighted by molar-refractivity contribution is -0.142. The fourth-order valence-electron chi connectivity index (χ4n) is 7.39. The first-order valence-corrected chi connectivity index (χ1v) is 21.0. The predicted molar refractivity (Wildman–Crippen MR) is 232 cm³/mol. The van der Waals surface area contributed by atoms with Crippen molar-refractivity contribution in [1.29, 1.82) is 0 Å². The monoisotopic (exact) mass is 859 g/mol. The molecule has 14 N–H and O–H groups in total. The predicted octanol–water partition coefficient (Wildman–Crippen LogP) is -2.08. The van der Waals surface area contributed by atoms with E-state index in [-0.39, 0.29) is 89.5 Å². The van der Waals surface area contributed by atoms with Crippen LogP contribution in [0.4, 0.5) is 0 Å². The van der Waals surface area contributed by atoms with Crippen LogP contribution in [0.15, 0.2) is 70.6 Å². The number of fused-ring (bicyclic) bond motifs is 1. The van der Waals surface area contributed by atoms with Gasteiger partial charge in [0.1, 0.15) is 36.3 Å². The van der Waals surface area contributed by atoms with Crippen molar-refractivity contribution in [3.05, 3.63) is 71.8 Å². The highest BCUT2D eigenvalue weighted by atomic mass is 16.2. The largest absolute Gasteiger partial charge is 0.370 e. The van der Waals surface area contributed by atoms with E-state index < -0.39 is 77.6 Å². The topological polar surface area (TPSA) is 324 Å². The zero-order chi connectivity index (χ0) is 45.0. The Labute approximate surface area is 361 Å². The second kappa shape index (κ2) is 24.5. The van der Waals surface area contributed by atoms with E-state index in [1.54, 1.807) is 36.4 Å². The molecule has 2 fully saturated rings. The average molecular weight is 860 g/mol. The van der Waals surface area contributed by atoms with Crippen molar-refractivity contribution < 1.29 is 33.6 Å². The molecule has 0 aliphatic carbocycles. The fraction of sp³-hybridized carbons (Fsp3) is 0.500. The highest BCUT2D eigenvalue weighted by molar-refractivity contribution is 5.97. The fourth-order valence-corrected chi connectivity index (χ4v) is 7.39. The average Bonchev–Trinajstić information content (AvgIpc) is 3.73. The van der Waals surface area contributed by atoms with Crippen molar-refractivity contribution in [2.24, 2.45) is 32.9 Å². The van der Waals surface area contributed by atoms with Gasteiger partial charge in [-0.1, -0.05) is 60.7 Å². The van der Waals surface area contributed by atoms with E-state index in [0.717, 1.165) is 11.1 Å². The van der Waals surface area contributed by atoms with Crippen molar-refractivity contribution in [1.82, 2.24) is 36.8 Å². The zero-order valence-corrected chi connectivity index (χ0v) is 35.1. The molecule has 0 saturated carbocycles. The first kappa shape index (κ1) is 47.9. The highest BCUT2D eigenvalue weighted by Crippen LogP contribution is 2.21. The van der Waals surface area contributed by atoms with E-state index in [2.05, 4.69) is 41.9 Å². The number of rotatable bonds is 15. The molecule has 0 spiro atoms. The minimum Gasteiger partial charge on any atom is -0.370 e. The Kier molecular flexibility index (Phi) is 19.0. The maximum Gasteiger partial charge on any atom is 0.245 e. The zero-order valence-electron chi connectivity index (χ0n) is 35.1. The molecule has 20 heteroatoms. The number of aliphatic imine (C=N–C) groups is 2. The normalized spacial score (nSPS) is 21.9. The van der Waals surface area contributed by atoms with E-state index in [0.29, 0.717) is 12.8 Å². The second-order valence-electron chi connectivity index (χ2n) is 15.4. The van der Waals surface area contributed by atoms with Crippen LogP contribution >= 0.6 is 0 Å². The molecule has 4 rings (SSSR count). The smallest absolute Gasteiger partial charge is 0.245 e. The molecule has 2 aromatic carbocycles. The number of amides is 7. The molecule has 1 unspecified atom stereocenters. The molecule has 62 heavy (non-hydrogen) atoms. The lowest BCUT2D eigenvalue weighted by Gasteiger charge is -2.31. The third-order valence-corrected chi connectivity index (χ3v) is 10.5. The highest BCUT2D eigenvalue weighted by Gasteiger charge is 2.40. The van der Waals surface area contributed by atoms with Gasteiger partial charge in [0.15, 0.2) is 11.9 Å². The number of nitrogens with two attached hydrogens (primary N) is 4. The quantitative estimate of drug-likeness (QED) is 0.0527. The summed E-state index contributed by atoms with van der Waals surface area (Å²) in [5.41, 5.74) is 23.5. The number of nitrogens with zero attached hydrogens (tertiary/aromatic N) is 3. The molecule has 6 atom stereocenters. The van der Waals surface area contributed by atoms with Crippen LogP contribution in [0.5, 0.6) is 0 Å². The van der Waals surface area contributed by atoms with Crippen LogP contribution in [-0.2, 0) is 46.4 Å². The summed E-state index contributed by atoms with van der Waals surface area (Å²) in [4.78, 5) is 106. The van der Waals surface area contributed by atoms with Gasteiger partial charge < -0.3 is 59.7 Å². The van der Waals surface area contributed by atoms with Crippen LogP contribution in [0.3, 0.4) is 0 Å². The van der Waals surface area contributed by atoms with E-state index in [1.807, 2.05) is 24.3 Å². The maximum atomic E-state index is 14.5. The Morgan fingerprint density at radius 1 is 0.726 bits per heavy atom. The number of benzene rings is 2. The van der Waals surface area contributed by atoms with E-state index >= 15 is 0 Å². The van der Waals surface area contributed by atoms with Crippen molar-refractivity contribution in [3.63, 3.8) is 0 Å². The Morgan fingerprint density at radius 3 is 1.87 bits per heavy atom. The van der Waals surface area contributed by atoms with Gasteiger partial charge in [-0.3, -0.25) is 43.5 Å². The molecule has 20 nitrogen and oxygen atoms in total. The Bertz CT molecular complexity index is 1910. The molecule has 7 amide bonds. The van der Waals surface area contributed by atoms with Gasteiger partial charge in [-0.05, 0) is 62.5 Å². The Balaban J connectivity index is 1.68. The first-order chi connectivity index (χ1) is 29.7. The van der Waals surface area contributed by atoms with Gasteiger partial charge in [-0.2, -0.15) is 0 Å². The number of hydrogen-bond acceptors (Lipinski definition) is 9. The Morgan fingerprint density at radius 2 is 1.27 bits per heavy atom. The third-order valence-electron chi connectivity index (χ3n) is 10.5. The first-order valence-electron chi connectivity index (χ1n) is 21.0. The lowest BCUT2D eigenvalue weighted by atomic mass is 10.0. The van der Waals surface area contributed by atoms with Gasteiger partial charge in [0, 0.05) is 45.9 Å². The molecule has 2 aliphatic rings. The van der Waals surface area contributed by atoms with Gasteiger partial charge in [0.05, 0.1) is 0 Å². The molecule has 2 heterocycles. The summed E-state index contributed by atoms with van der Waals surface area (Å²) < 4.78 is 0. The molecule has 0 aromatic heterocycles. The number of guanidine groups is 2. The summed E-state index contributed by atoms with van der Waals surface area (Å²) in [6, 6.07) is 11.4. The van der Waals surface area contributed by atoms with Gasteiger partial charge in [0.25, 0.3) is 0 Å². The molecule has 2 aliphatic heterocycles. The molecular formula is C42H61N13O7. The van der Waals surface area contributed by atoms with Crippen LogP contribution in [-0.4, -0.2) is 121 Å². The molecule has 0 radical (unpaired) electrons. The maximum absolute atomic E-state index is 14.5. The van der Waals surface area contributed by atoms with Crippen molar-refractivity contribution in [3.8, 4) is 0 Å². The summed E-state index contributed by atoms with van der Waals surface area (Å²) in [5.74, 6) is -4.32. The Hall–Kier alpha value is -6.73. The standard InChI is InChI=1S/C42H61N13O7/c1-26(56)50-32(24-27-12-4-2-5-13-27)37(59)53-31-18-10-20-47-35(57)29(16-8-21-48-41(43)44)51-38(60)33(25-28-14-6-3-7-15-28)54-36(58)30(17-9-22-49-42(45)46)52-39(61)34-19-11-23-55(34)40(31)62/h2-7,12-15,29-34H,8-11,16-25H2,1H3,(H,47,57)(H,50,56)(H,51,60)(H,52,61)(H,53,59)(H,54,58)(H4,43,44,48)(H4,45,46,49)/t29-,30+,31?,32-,33-,34-/m0/s1. The molecule has 2 aromatic rings. The van der Waals surface area contributed by atoms with E-state index in [1.165, 1.54) is 11.8 Å². The molecule has 2 saturated heterocycles. The van der Waals surface area contributed by atoms with Crippen LogP contribution < -0.4 is 54.8 Å². The minimum absolute atomic E-state index is 0.0459. The number of carbonyl (C=O) groups excluding carboxylic acids is 7. The van der Waals surface area contributed by atoms with E-state index in [4.69, 9.17) is 22.9 Å². The van der Waals surface area contributed by atoms with Crippen LogP contribution in [0.25, 0.3) is 0 Å². The summed E-state index contributed by atoms with van der Waals surface area (Å²) >= 11 is 0. The summed E-state index contributed by atoms with van der Waals surface area (Å²) in [7, 11) is 0. The van der Waals surface area contributed by atoms with Crippen LogP contribution in [0, 0.1) is 0 Å². The van der Waals surface area contributed by atoms with Crippen molar-refractivity contribution in [2.45, 2.75) is 107 Å². The molecule has 336 valence electrons. The van der Waals surface area contributed by atoms with Crippen molar-refractivity contribution >= 4 is 53.3 Å². The van der Waals surface area contributed by atoms with Crippen LogP contribution in [0.1, 0.15) is 69.4 Å².